The van der Waals surface area contributed by atoms with Crippen molar-refractivity contribution < 1.29 is 14.3 Å². The average Bonchev–Trinajstić information content (AvgIpc) is 2.28. The van der Waals surface area contributed by atoms with E-state index in [9.17, 15) is 9.59 Å². The second-order valence-corrected chi connectivity index (χ2v) is 3.01. The molecule has 0 aliphatic rings. The molecule has 2 amide bonds. The molecule has 0 bridgehead atoms. The van der Waals surface area contributed by atoms with Gasteiger partial charge in [-0.2, -0.15) is 0 Å². The van der Waals surface area contributed by atoms with Crippen LogP contribution in [0.3, 0.4) is 0 Å². The van der Waals surface area contributed by atoms with Gasteiger partial charge in [0.1, 0.15) is 12.3 Å². The van der Waals surface area contributed by atoms with Crippen molar-refractivity contribution in [3.8, 4) is 5.75 Å². The van der Waals surface area contributed by atoms with Crippen molar-refractivity contribution in [2.75, 3.05) is 13.1 Å². The molecule has 0 atom stereocenters. The van der Waals surface area contributed by atoms with Gasteiger partial charge in [0.2, 0.25) is 5.91 Å². The van der Waals surface area contributed by atoms with Gasteiger partial charge in [-0.1, -0.05) is 18.2 Å². The molecule has 16 heavy (non-hydrogen) atoms. The summed E-state index contributed by atoms with van der Waals surface area (Å²) >= 11 is 0. The lowest BCUT2D eigenvalue weighted by atomic mass is 10.3. The standard InChI is InChI=1S/C11H14N2O3/c1-2-12-10(14)8-13-11(15)16-9-6-4-3-5-7-9/h3-7H,2,8H2,1H3,(H,12,14)(H,13,15). The molecule has 86 valence electrons. The molecule has 0 radical (unpaired) electrons. The maximum atomic E-state index is 11.2. The van der Waals surface area contributed by atoms with Crippen LogP contribution in [0.15, 0.2) is 30.3 Å². The maximum absolute atomic E-state index is 11.2. The Morgan fingerprint density at radius 1 is 1.19 bits per heavy atom. The molecule has 0 aliphatic carbocycles. The molecule has 0 heterocycles. The zero-order chi connectivity index (χ0) is 11.8. The quantitative estimate of drug-likeness (QED) is 0.795. The van der Waals surface area contributed by atoms with Crippen LogP contribution in [-0.2, 0) is 4.79 Å². The molecule has 2 N–H and O–H groups in total. The third-order valence-corrected chi connectivity index (χ3v) is 1.72. The SMILES string of the molecule is CCNC(=O)CNC(=O)Oc1ccccc1. The fourth-order valence-corrected chi connectivity index (χ4v) is 1.04. The monoisotopic (exact) mass is 222 g/mol. The highest BCUT2D eigenvalue weighted by molar-refractivity contribution is 5.82. The number of carbonyl (C=O) groups excluding carboxylic acids is 2. The Bertz CT molecular complexity index is 352. The summed E-state index contributed by atoms with van der Waals surface area (Å²) in [5.74, 6) is 0.198. The Balaban J connectivity index is 2.29. The number of carbonyl (C=O) groups is 2. The van der Waals surface area contributed by atoms with Gasteiger partial charge in [-0.15, -0.1) is 0 Å². The Kier molecular flexibility index (Phi) is 4.85. The van der Waals surface area contributed by atoms with Crippen LogP contribution < -0.4 is 15.4 Å². The van der Waals surface area contributed by atoms with Crippen LogP contribution >= 0.6 is 0 Å². The number of amides is 2. The van der Waals surface area contributed by atoms with Crippen LogP contribution in [0, 0.1) is 0 Å². The number of hydrogen-bond acceptors (Lipinski definition) is 3. The van der Waals surface area contributed by atoms with Crippen molar-refractivity contribution in [1.82, 2.24) is 10.6 Å². The molecule has 0 fully saturated rings. The minimum Gasteiger partial charge on any atom is -0.410 e. The van der Waals surface area contributed by atoms with Crippen LogP contribution in [0.2, 0.25) is 0 Å². The van der Waals surface area contributed by atoms with Crippen LogP contribution in [0.1, 0.15) is 6.92 Å². The van der Waals surface area contributed by atoms with E-state index in [1.54, 1.807) is 31.2 Å². The lowest BCUT2D eigenvalue weighted by molar-refractivity contribution is -0.120. The molecule has 0 aliphatic heterocycles. The molecular weight excluding hydrogens is 208 g/mol. The molecule has 5 nitrogen and oxygen atoms in total. The van der Waals surface area contributed by atoms with Crippen molar-refractivity contribution in [3.63, 3.8) is 0 Å². The van der Waals surface area contributed by atoms with Gasteiger partial charge >= 0.3 is 6.09 Å². The summed E-state index contributed by atoms with van der Waals surface area (Å²) < 4.78 is 4.91. The zero-order valence-electron chi connectivity index (χ0n) is 9.03. The van der Waals surface area contributed by atoms with E-state index in [1.807, 2.05) is 6.07 Å². The van der Waals surface area contributed by atoms with Crippen molar-refractivity contribution in [2.24, 2.45) is 0 Å². The molecule has 0 spiro atoms. The molecule has 1 aromatic rings. The Morgan fingerprint density at radius 3 is 2.50 bits per heavy atom. The van der Waals surface area contributed by atoms with Crippen molar-refractivity contribution in [1.29, 1.82) is 0 Å². The van der Waals surface area contributed by atoms with Crippen LogP contribution in [0.25, 0.3) is 0 Å². The number of rotatable bonds is 4. The third kappa shape index (κ3) is 4.45. The van der Waals surface area contributed by atoms with Crippen LogP contribution in [-0.4, -0.2) is 25.1 Å². The van der Waals surface area contributed by atoms with E-state index in [1.165, 1.54) is 0 Å². The second kappa shape index (κ2) is 6.44. The first-order chi connectivity index (χ1) is 7.72. The summed E-state index contributed by atoms with van der Waals surface area (Å²) in [6.45, 7) is 2.26. The predicted octanol–water partition coefficient (Wildman–Crippen LogP) is 0.911. The molecule has 1 rings (SSSR count). The number of nitrogens with one attached hydrogen (secondary N) is 2. The normalized spacial score (nSPS) is 9.31. The van der Waals surface area contributed by atoms with Gasteiger partial charge in [-0.25, -0.2) is 4.79 Å². The van der Waals surface area contributed by atoms with E-state index >= 15 is 0 Å². The Morgan fingerprint density at radius 2 is 1.88 bits per heavy atom. The fraction of sp³-hybridized carbons (Fsp3) is 0.273. The predicted molar refractivity (Wildman–Crippen MR) is 59.2 cm³/mol. The van der Waals surface area contributed by atoms with Gasteiger partial charge in [-0.05, 0) is 19.1 Å². The van der Waals surface area contributed by atoms with Gasteiger partial charge in [-0.3, -0.25) is 4.79 Å². The second-order valence-electron chi connectivity index (χ2n) is 3.01. The van der Waals surface area contributed by atoms with Gasteiger partial charge in [0.15, 0.2) is 0 Å². The van der Waals surface area contributed by atoms with E-state index in [-0.39, 0.29) is 12.5 Å². The van der Waals surface area contributed by atoms with Gasteiger partial charge in [0.25, 0.3) is 0 Å². The van der Waals surface area contributed by atoms with Crippen LogP contribution in [0.4, 0.5) is 4.79 Å². The van der Waals surface area contributed by atoms with E-state index in [4.69, 9.17) is 4.74 Å². The lowest BCUT2D eigenvalue weighted by Crippen LogP contribution is -2.38. The zero-order valence-corrected chi connectivity index (χ0v) is 9.03. The topological polar surface area (TPSA) is 67.4 Å². The fourth-order valence-electron chi connectivity index (χ4n) is 1.04. The minimum absolute atomic E-state index is 0.0838. The van der Waals surface area contributed by atoms with Gasteiger partial charge in [0.05, 0.1) is 0 Å². The van der Waals surface area contributed by atoms with Crippen LogP contribution in [0.5, 0.6) is 5.75 Å². The molecule has 0 aromatic heterocycles. The number of benzene rings is 1. The smallest absolute Gasteiger partial charge is 0.410 e. The van der Waals surface area contributed by atoms with E-state index in [2.05, 4.69) is 10.6 Å². The largest absolute Gasteiger partial charge is 0.413 e. The summed E-state index contributed by atoms with van der Waals surface area (Å²) in [5, 5.41) is 4.90. The molecule has 5 heteroatoms. The lowest BCUT2D eigenvalue weighted by Gasteiger charge is -2.06. The summed E-state index contributed by atoms with van der Waals surface area (Å²) in [7, 11) is 0. The Labute approximate surface area is 93.8 Å². The summed E-state index contributed by atoms with van der Waals surface area (Å²) in [5.41, 5.74) is 0. The van der Waals surface area contributed by atoms with E-state index in [0.717, 1.165) is 0 Å². The summed E-state index contributed by atoms with van der Waals surface area (Å²) in [6, 6.07) is 8.65. The minimum atomic E-state index is -0.641. The highest BCUT2D eigenvalue weighted by Crippen LogP contribution is 2.07. The number of para-hydroxylation sites is 1. The highest BCUT2D eigenvalue weighted by atomic mass is 16.6. The number of hydrogen-bond donors (Lipinski definition) is 2. The maximum Gasteiger partial charge on any atom is 0.413 e. The van der Waals surface area contributed by atoms with Gasteiger partial charge < -0.3 is 15.4 Å². The van der Waals surface area contributed by atoms with Crippen molar-refractivity contribution in [3.05, 3.63) is 30.3 Å². The van der Waals surface area contributed by atoms with E-state index < -0.39 is 6.09 Å². The Hall–Kier alpha value is -2.04. The molecular formula is C11H14N2O3. The average molecular weight is 222 g/mol. The number of ether oxygens (including phenoxy) is 1. The first kappa shape index (κ1) is 12.0. The first-order valence-electron chi connectivity index (χ1n) is 4.99. The third-order valence-electron chi connectivity index (χ3n) is 1.72. The summed E-state index contributed by atoms with van der Waals surface area (Å²) in [4.78, 5) is 22.2. The molecule has 0 unspecified atom stereocenters. The molecule has 0 saturated heterocycles. The molecule has 0 saturated carbocycles. The van der Waals surface area contributed by atoms with Gasteiger partial charge in [0, 0.05) is 6.54 Å². The highest BCUT2D eigenvalue weighted by Gasteiger charge is 2.05. The number of likely N-dealkylation sites (N-methyl/N-ethyl adjacent to an activating group) is 1. The van der Waals surface area contributed by atoms with Crippen molar-refractivity contribution >= 4 is 12.0 Å². The first-order valence-corrected chi connectivity index (χ1v) is 4.99. The molecule has 1 aromatic carbocycles. The summed E-state index contributed by atoms with van der Waals surface area (Å²) in [6.07, 6.45) is -0.641. The van der Waals surface area contributed by atoms with E-state index in [0.29, 0.717) is 12.3 Å². The van der Waals surface area contributed by atoms with Crippen molar-refractivity contribution in [2.45, 2.75) is 6.92 Å².